The average Bonchev–Trinajstić information content (AvgIpc) is 2.76. The molecule has 0 fully saturated rings. The molecule has 0 saturated carbocycles. The van der Waals surface area contributed by atoms with E-state index in [0.29, 0.717) is 16.3 Å². The van der Waals surface area contributed by atoms with E-state index in [-0.39, 0.29) is 12.1 Å². The standard InChI is InChI=1S/C14H13ClO3/c1-9(11-3-5-12(15)6-4-11)18-14(16)13-7-8-17-10(13)2/h3-9H,1-2H3. The summed E-state index contributed by atoms with van der Waals surface area (Å²) in [6.45, 7) is 3.54. The number of ether oxygens (including phenoxy) is 1. The van der Waals surface area contributed by atoms with Crippen molar-refractivity contribution >= 4 is 17.6 Å². The SMILES string of the molecule is Cc1occc1C(=O)OC(C)c1ccc(Cl)cc1. The summed E-state index contributed by atoms with van der Waals surface area (Å²) in [6, 6.07) is 8.81. The van der Waals surface area contributed by atoms with Crippen molar-refractivity contribution in [2.45, 2.75) is 20.0 Å². The smallest absolute Gasteiger partial charge is 0.342 e. The number of benzene rings is 1. The van der Waals surface area contributed by atoms with Crippen LogP contribution in [0.4, 0.5) is 0 Å². The number of rotatable bonds is 3. The molecule has 0 aliphatic carbocycles. The summed E-state index contributed by atoms with van der Waals surface area (Å²) in [6.07, 6.45) is 1.14. The zero-order valence-electron chi connectivity index (χ0n) is 10.1. The minimum atomic E-state index is -0.385. The molecule has 18 heavy (non-hydrogen) atoms. The molecule has 2 aromatic rings. The molecule has 94 valence electrons. The van der Waals surface area contributed by atoms with E-state index in [1.54, 1.807) is 25.1 Å². The summed E-state index contributed by atoms with van der Waals surface area (Å²) >= 11 is 5.80. The van der Waals surface area contributed by atoms with Crippen molar-refractivity contribution in [3.05, 3.63) is 58.5 Å². The van der Waals surface area contributed by atoms with Gasteiger partial charge in [0.2, 0.25) is 0 Å². The maximum Gasteiger partial charge on any atom is 0.342 e. The Morgan fingerprint density at radius 3 is 2.50 bits per heavy atom. The van der Waals surface area contributed by atoms with Crippen molar-refractivity contribution in [3.63, 3.8) is 0 Å². The number of hydrogen-bond acceptors (Lipinski definition) is 3. The number of carbonyl (C=O) groups is 1. The first-order valence-electron chi connectivity index (χ1n) is 5.58. The van der Waals surface area contributed by atoms with Crippen LogP contribution in [0.15, 0.2) is 41.0 Å². The highest BCUT2D eigenvalue weighted by atomic mass is 35.5. The zero-order valence-corrected chi connectivity index (χ0v) is 10.9. The normalized spacial score (nSPS) is 12.2. The molecule has 1 atom stereocenters. The Hall–Kier alpha value is -1.74. The lowest BCUT2D eigenvalue weighted by molar-refractivity contribution is 0.0336. The molecule has 0 amide bonds. The van der Waals surface area contributed by atoms with Crippen LogP contribution in [0, 0.1) is 6.92 Å². The quantitative estimate of drug-likeness (QED) is 0.782. The minimum Gasteiger partial charge on any atom is -0.469 e. The summed E-state index contributed by atoms with van der Waals surface area (Å²) in [5.41, 5.74) is 1.35. The molecule has 1 aromatic heterocycles. The maximum atomic E-state index is 11.9. The Bertz CT molecular complexity index is 542. The molecule has 4 heteroatoms. The van der Waals surface area contributed by atoms with E-state index in [0.717, 1.165) is 5.56 Å². The Labute approximate surface area is 110 Å². The number of hydrogen-bond donors (Lipinski definition) is 0. The number of carbonyl (C=O) groups excluding carboxylic acids is 1. The largest absolute Gasteiger partial charge is 0.469 e. The first kappa shape index (κ1) is 12.7. The molecule has 0 aliphatic rings. The summed E-state index contributed by atoms with van der Waals surface area (Å²) in [7, 11) is 0. The molecule has 2 rings (SSSR count). The van der Waals surface area contributed by atoms with Gasteiger partial charge in [0, 0.05) is 5.02 Å². The van der Waals surface area contributed by atoms with Crippen LogP contribution in [0.25, 0.3) is 0 Å². The highest BCUT2D eigenvalue weighted by Gasteiger charge is 2.17. The van der Waals surface area contributed by atoms with Gasteiger partial charge in [0.05, 0.1) is 6.26 Å². The van der Waals surface area contributed by atoms with Gasteiger partial charge in [-0.15, -0.1) is 0 Å². The van der Waals surface area contributed by atoms with Gasteiger partial charge in [-0.3, -0.25) is 0 Å². The van der Waals surface area contributed by atoms with Gasteiger partial charge in [-0.1, -0.05) is 23.7 Å². The van der Waals surface area contributed by atoms with Crippen molar-refractivity contribution in [3.8, 4) is 0 Å². The highest BCUT2D eigenvalue weighted by molar-refractivity contribution is 6.30. The molecule has 3 nitrogen and oxygen atoms in total. The van der Waals surface area contributed by atoms with Gasteiger partial charge in [0.25, 0.3) is 0 Å². The van der Waals surface area contributed by atoms with E-state index in [9.17, 15) is 4.79 Å². The third-order valence-corrected chi connectivity index (χ3v) is 2.95. The third-order valence-electron chi connectivity index (χ3n) is 2.70. The lowest BCUT2D eigenvalue weighted by Crippen LogP contribution is -2.09. The Kier molecular flexibility index (Phi) is 3.72. The lowest BCUT2D eigenvalue weighted by Gasteiger charge is -2.13. The Morgan fingerprint density at radius 2 is 1.94 bits per heavy atom. The van der Waals surface area contributed by atoms with E-state index >= 15 is 0 Å². The van der Waals surface area contributed by atoms with Crippen molar-refractivity contribution in [1.82, 2.24) is 0 Å². The third kappa shape index (κ3) is 2.74. The van der Waals surface area contributed by atoms with Crippen LogP contribution in [0.2, 0.25) is 5.02 Å². The van der Waals surface area contributed by atoms with E-state index in [2.05, 4.69) is 0 Å². The van der Waals surface area contributed by atoms with E-state index in [1.165, 1.54) is 6.26 Å². The zero-order chi connectivity index (χ0) is 13.1. The van der Waals surface area contributed by atoms with Gasteiger partial charge in [0.15, 0.2) is 0 Å². The number of esters is 1. The van der Waals surface area contributed by atoms with E-state index in [1.807, 2.05) is 19.1 Å². The first-order chi connectivity index (χ1) is 8.58. The molecule has 0 saturated heterocycles. The molecule has 0 radical (unpaired) electrons. The Morgan fingerprint density at radius 1 is 1.28 bits per heavy atom. The van der Waals surface area contributed by atoms with Crippen molar-refractivity contribution in [2.75, 3.05) is 0 Å². The number of furan rings is 1. The average molecular weight is 265 g/mol. The molecular weight excluding hydrogens is 252 g/mol. The fraction of sp³-hybridized carbons (Fsp3) is 0.214. The molecule has 0 aliphatic heterocycles. The topological polar surface area (TPSA) is 39.4 Å². The van der Waals surface area contributed by atoms with Crippen LogP contribution >= 0.6 is 11.6 Å². The van der Waals surface area contributed by atoms with Gasteiger partial charge < -0.3 is 9.15 Å². The fourth-order valence-electron chi connectivity index (χ4n) is 1.62. The van der Waals surface area contributed by atoms with Gasteiger partial charge in [-0.05, 0) is 37.6 Å². The van der Waals surface area contributed by atoms with E-state index < -0.39 is 0 Å². The summed E-state index contributed by atoms with van der Waals surface area (Å²) in [5, 5.41) is 0.656. The second-order valence-electron chi connectivity index (χ2n) is 3.99. The predicted molar refractivity (Wildman–Crippen MR) is 68.7 cm³/mol. The van der Waals surface area contributed by atoms with Crippen LogP contribution in [0.5, 0.6) is 0 Å². The molecule has 0 bridgehead atoms. The molecule has 1 heterocycles. The van der Waals surface area contributed by atoms with Crippen molar-refractivity contribution < 1.29 is 13.9 Å². The number of halogens is 1. The van der Waals surface area contributed by atoms with E-state index in [4.69, 9.17) is 20.8 Å². The monoisotopic (exact) mass is 264 g/mol. The highest BCUT2D eigenvalue weighted by Crippen LogP contribution is 2.21. The van der Waals surface area contributed by atoms with Crippen LogP contribution in [0.1, 0.15) is 34.7 Å². The summed E-state index contributed by atoms with van der Waals surface area (Å²) < 4.78 is 10.4. The van der Waals surface area contributed by atoms with Crippen molar-refractivity contribution in [1.29, 1.82) is 0 Å². The van der Waals surface area contributed by atoms with Gasteiger partial charge in [-0.2, -0.15) is 0 Å². The predicted octanol–water partition coefficient (Wildman–Crippen LogP) is 4.16. The number of aryl methyl sites for hydroxylation is 1. The molecule has 0 spiro atoms. The molecule has 0 N–H and O–H groups in total. The van der Waals surface area contributed by atoms with Crippen LogP contribution in [0.3, 0.4) is 0 Å². The second kappa shape index (κ2) is 5.27. The summed E-state index contributed by atoms with van der Waals surface area (Å²) in [5.74, 6) is 0.173. The summed E-state index contributed by atoms with van der Waals surface area (Å²) in [4.78, 5) is 11.9. The van der Waals surface area contributed by atoms with Gasteiger partial charge in [-0.25, -0.2) is 4.79 Å². The minimum absolute atomic E-state index is 0.330. The second-order valence-corrected chi connectivity index (χ2v) is 4.43. The fourth-order valence-corrected chi connectivity index (χ4v) is 1.75. The van der Waals surface area contributed by atoms with Crippen LogP contribution in [-0.4, -0.2) is 5.97 Å². The van der Waals surface area contributed by atoms with Crippen LogP contribution in [-0.2, 0) is 4.74 Å². The molecule has 1 aromatic carbocycles. The van der Waals surface area contributed by atoms with Crippen LogP contribution < -0.4 is 0 Å². The molecule has 1 unspecified atom stereocenters. The maximum absolute atomic E-state index is 11.9. The Balaban J connectivity index is 2.08. The van der Waals surface area contributed by atoms with Gasteiger partial charge >= 0.3 is 5.97 Å². The lowest BCUT2D eigenvalue weighted by atomic mass is 10.1. The molecular formula is C14H13ClO3. The van der Waals surface area contributed by atoms with Gasteiger partial charge in [0.1, 0.15) is 17.4 Å². The van der Waals surface area contributed by atoms with Crippen molar-refractivity contribution in [2.24, 2.45) is 0 Å². The first-order valence-corrected chi connectivity index (χ1v) is 5.96.